The molecule has 3 aromatic carbocycles. The zero-order valence-electron chi connectivity index (χ0n) is 20.2. The van der Waals surface area contributed by atoms with Crippen molar-refractivity contribution in [3.8, 4) is 11.1 Å². The molecule has 7 heteroatoms. The average molecular weight is 600 g/mol. The molecule has 3 aromatic rings. The van der Waals surface area contributed by atoms with Crippen molar-refractivity contribution in [1.29, 1.82) is 0 Å². The molecular weight excluding hydrogens is 572 g/mol. The van der Waals surface area contributed by atoms with Crippen molar-refractivity contribution < 1.29 is 14.3 Å². The number of aryl methyl sites for hydroxylation is 1. The molecule has 1 unspecified atom stereocenters. The third-order valence-corrected chi connectivity index (χ3v) is 6.86. The summed E-state index contributed by atoms with van der Waals surface area (Å²) in [6, 6.07) is 19.9. The Kier molecular flexibility index (Phi) is 7.38. The molecule has 1 aliphatic rings. The monoisotopic (exact) mass is 598 g/mol. The molecule has 1 N–H and O–H groups in total. The summed E-state index contributed by atoms with van der Waals surface area (Å²) in [5, 5.41) is 3.03. The van der Waals surface area contributed by atoms with Crippen molar-refractivity contribution in [3.05, 3.63) is 80.7 Å². The van der Waals surface area contributed by atoms with E-state index in [0.717, 1.165) is 42.6 Å². The zero-order valence-corrected chi connectivity index (χ0v) is 23.4. The van der Waals surface area contributed by atoms with Gasteiger partial charge < -0.3 is 10.1 Å². The Balaban J connectivity index is 1.48. The molecular formula is C28H28Br2N2O3. The molecule has 0 saturated heterocycles. The fraction of sp³-hybridized carbons (Fsp3) is 0.286. The lowest BCUT2D eigenvalue weighted by Gasteiger charge is -2.25. The van der Waals surface area contributed by atoms with E-state index in [1.807, 2.05) is 76.2 Å². The van der Waals surface area contributed by atoms with Crippen LogP contribution in [0.25, 0.3) is 11.1 Å². The molecule has 0 radical (unpaired) electrons. The predicted molar refractivity (Wildman–Crippen MR) is 148 cm³/mol. The number of amides is 2. The van der Waals surface area contributed by atoms with Crippen molar-refractivity contribution >= 4 is 55.2 Å². The Morgan fingerprint density at radius 1 is 1.00 bits per heavy atom. The summed E-state index contributed by atoms with van der Waals surface area (Å²) in [4.78, 5) is 27.5. The lowest BCUT2D eigenvalue weighted by atomic mass is 9.97. The SMILES string of the molecule is Cc1cc(NC(=O)CC2CN(C(=O)OC(C)(C)C)c3ccc(Br)cc32)ccc1-c1ccc(Br)cc1. The molecule has 1 atom stereocenters. The summed E-state index contributed by atoms with van der Waals surface area (Å²) < 4.78 is 7.54. The Bertz CT molecular complexity index is 1270. The highest BCUT2D eigenvalue weighted by Gasteiger charge is 2.36. The van der Waals surface area contributed by atoms with Crippen LogP contribution in [0.3, 0.4) is 0 Å². The lowest BCUT2D eigenvalue weighted by molar-refractivity contribution is -0.116. The first-order chi connectivity index (χ1) is 16.5. The van der Waals surface area contributed by atoms with Gasteiger partial charge in [-0.05, 0) is 92.4 Å². The van der Waals surface area contributed by atoms with Crippen molar-refractivity contribution in [2.24, 2.45) is 0 Å². The predicted octanol–water partition coefficient (Wildman–Crippen LogP) is 8.05. The Labute approximate surface area is 223 Å². The first-order valence-corrected chi connectivity index (χ1v) is 13.1. The normalized spacial score (nSPS) is 15.0. The van der Waals surface area contributed by atoms with Gasteiger partial charge in [0.05, 0.1) is 5.69 Å². The van der Waals surface area contributed by atoms with Gasteiger partial charge in [-0.15, -0.1) is 0 Å². The van der Waals surface area contributed by atoms with Crippen LogP contribution >= 0.6 is 31.9 Å². The van der Waals surface area contributed by atoms with Crippen LogP contribution in [0.15, 0.2) is 69.6 Å². The minimum atomic E-state index is -0.595. The van der Waals surface area contributed by atoms with Gasteiger partial charge in [-0.1, -0.05) is 50.1 Å². The van der Waals surface area contributed by atoms with Gasteiger partial charge in [0.1, 0.15) is 5.60 Å². The van der Waals surface area contributed by atoms with E-state index in [4.69, 9.17) is 4.74 Å². The third-order valence-electron chi connectivity index (χ3n) is 5.83. The number of carbonyl (C=O) groups is 2. The second-order valence-corrected chi connectivity index (χ2v) is 11.6. The largest absolute Gasteiger partial charge is 0.443 e. The van der Waals surface area contributed by atoms with Gasteiger partial charge in [0.15, 0.2) is 0 Å². The summed E-state index contributed by atoms with van der Waals surface area (Å²) >= 11 is 6.99. The first-order valence-electron chi connectivity index (χ1n) is 11.5. The summed E-state index contributed by atoms with van der Waals surface area (Å²) in [5.74, 6) is -0.221. The van der Waals surface area contributed by atoms with Gasteiger partial charge in [-0.25, -0.2) is 4.79 Å². The fourth-order valence-corrected chi connectivity index (χ4v) is 4.95. The van der Waals surface area contributed by atoms with Crippen LogP contribution in [0.4, 0.5) is 16.2 Å². The van der Waals surface area contributed by atoms with E-state index in [9.17, 15) is 9.59 Å². The molecule has 182 valence electrons. The highest BCUT2D eigenvalue weighted by molar-refractivity contribution is 9.10. The number of fused-ring (bicyclic) bond motifs is 1. The molecule has 2 amide bonds. The number of rotatable bonds is 4. The summed E-state index contributed by atoms with van der Waals surface area (Å²) in [7, 11) is 0. The van der Waals surface area contributed by atoms with Crippen molar-refractivity contribution in [3.63, 3.8) is 0 Å². The van der Waals surface area contributed by atoms with Gasteiger partial charge in [-0.2, -0.15) is 0 Å². The van der Waals surface area contributed by atoms with Crippen LogP contribution < -0.4 is 10.2 Å². The molecule has 0 aliphatic carbocycles. The van der Waals surface area contributed by atoms with Gasteiger partial charge in [0.25, 0.3) is 0 Å². The number of anilines is 2. The molecule has 35 heavy (non-hydrogen) atoms. The first kappa shape index (κ1) is 25.5. The zero-order chi connectivity index (χ0) is 25.3. The topological polar surface area (TPSA) is 58.6 Å². The van der Waals surface area contributed by atoms with E-state index in [2.05, 4.69) is 49.3 Å². The number of halogens is 2. The molecule has 0 spiro atoms. The van der Waals surface area contributed by atoms with Crippen LogP contribution in [0.5, 0.6) is 0 Å². The highest BCUT2D eigenvalue weighted by Crippen LogP contribution is 2.40. The number of carbonyl (C=O) groups excluding carboxylic acids is 2. The summed E-state index contributed by atoms with van der Waals surface area (Å²) in [6.45, 7) is 7.97. The van der Waals surface area contributed by atoms with E-state index in [1.165, 1.54) is 0 Å². The van der Waals surface area contributed by atoms with E-state index < -0.39 is 11.7 Å². The van der Waals surface area contributed by atoms with Crippen LogP contribution in [0, 0.1) is 6.92 Å². The smallest absolute Gasteiger partial charge is 0.414 e. The molecule has 1 heterocycles. The number of ether oxygens (including phenoxy) is 1. The van der Waals surface area contributed by atoms with Gasteiger partial charge in [-0.3, -0.25) is 9.69 Å². The molecule has 5 nitrogen and oxygen atoms in total. The maximum atomic E-state index is 13.0. The fourth-order valence-electron chi connectivity index (χ4n) is 4.31. The summed E-state index contributed by atoms with van der Waals surface area (Å²) in [6.07, 6.45) is -0.140. The number of hydrogen-bond acceptors (Lipinski definition) is 3. The maximum Gasteiger partial charge on any atom is 0.414 e. The second kappa shape index (κ2) is 10.2. The molecule has 0 bridgehead atoms. The minimum absolute atomic E-state index is 0.0947. The van der Waals surface area contributed by atoms with E-state index in [1.54, 1.807) is 4.90 Å². The van der Waals surface area contributed by atoms with Crippen LogP contribution in [-0.4, -0.2) is 24.1 Å². The van der Waals surface area contributed by atoms with Crippen LogP contribution in [0.1, 0.15) is 44.2 Å². The van der Waals surface area contributed by atoms with E-state index in [0.29, 0.717) is 6.54 Å². The lowest BCUT2D eigenvalue weighted by Crippen LogP contribution is -2.36. The number of nitrogens with one attached hydrogen (secondary N) is 1. The Morgan fingerprint density at radius 3 is 2.34 bits per heavy atom. The van der Waals surface area contributed by atoms with Crippen molar-refractivity contribution in [1.82, 2.24) is 0 Å². The second-order valence-electron chi connectivity index (χ2n) is 9.78. The van der Waals surface area contributed by atoms with E-state index in [-0.39, 0.29) is 18.2 Å². The van der Waals surface area contributed by atoms with Crippen LogP contribution in [0.2, 0.25) is 0 Å². The minimum Gasteiger partial charge on any atom is -0.443 e. The number of benzene rings is 3. The van der Waals surface area contributed by atoms with Crippen LogP contribution in [-0.2, 0) is 9.53 Å². The molecule has 4 rings (SSSR count). The van der Waals surface area contributed by atoms with Crippen molar-refractivity contribution in [2.45, 2.75) is 45.6 Å². The van der Waals surface area contributed by atoms with Gasteiger partial charge in [0.2, 0.25) is 5.91 Å². The quantitative estimate of drug-likeness (QED) is 0.330. The average Bonchev–Trinajstić information content (AvgIpc) is 3.11. The van der Waals surface area contributed by atoms with Gasteiger partial charge in [0, 0.05) is 33.5 Å². The highest BCUT2D eigenvalue weighted by atomic mass is 79.9. The standard InChI is InChI=1S/C28H28Br2N2O3/c1-17-13-22(10-11-23(17)18-5-7-20(29)8-6-18)31-26(33)14-19-16-32(27(34)35-28(2,3)4)25-12-9-21(30)15-24(19)25/h5-13,15,19H,14,16H2,1-4H3,(H,31,33). The third kappa shape index (κ3) is 6.14. The van der Waals surface area contributed by atoms with Gasteiger partial charge >= 0.3 is 6.09 Å². The van der Waals surface area contributed by atoms with E-state index >= 15 is 0 Å². The molecule has 0 aromatic heterocycles. The maximum absolute atomic E-state index is 13.0. The molecule has 1 aliphatic heterocycles. The Hall–Kier alpha value is -2.64. The number of hydrogen-bond donors (Lipinski definition) is 1. The summed E-state index contributed by atoms with van der Waals surface area (Å²) in [5.41, 5.74) is 5.23. The number of nitrogens with zero attached hydrogens (tertiary/aromatic N) is 1. The molecule has 0 fully saturated rings. The molecule has 0 saturated carbocycles. The van der Waals surface area contributed by atoms with Crippen molar-refractivity contribution in [2.75, 3.05) is 16.8 Å². The Morgan fingerprint density at radius 2 is 1.69 bits per heavy atom.